The number of nitrogens with zero attached hydrogens (tertiary/aromatic N) is 1. The first-order valence-electron chi connectivity index (χ1n) is 30.4. The molecule has 476 valence electrons. The monoisotopic (exact) mass is 1260 g/mol. The van der Waals surface area contributed by atoms with E-state index in [1.807, 2.05) is 42.5 Å². The maximum atomic E-state index is 15.0. The summed E-state index contributed by atoms with van der Waals surface area (Å²) in [6, 6.07) is 16.5. The summed E-state index contributed by atoms with van der Waals surface area (Å²) in [7, 11) is 1.52. The molecule has 24 heteroatoms. The van der Waals surface area contributed by atoms with Gasteiger partial charge in [-0.1, -0.05) is 60.7 Å². The third-order valence-corrected chi connectivity index (χ3v) is 18.3. The molecular formula is C65H81FN10O11S2. The molecule has 4 heterocycles. The van der Waals surface area contributed by atoms with E-state index < -0.39 is 102 Å². The summed E-state index contributed by atoms with van der Waals surface area (Å²) in [6.07, 6.45) is 4.99. The van der Waals surface area contributed by atoms with E-state index in [2.05, 4.69) is 53.6 Å². The molecule has 1 fully saturated rings. The normalized spacial score (nSPS) is 24.7. The molecule has 0 aliphatic carbocycles. The Morgan fingerprint density at radius 3 is 1.88 bits per heavy atom. The van der Waals surface area contributed by atoms with Crippen molar-refractivity contribution in [3.63, 3.8) is 0 Å². The lowest BCUT2D eigenvalue weighted by molar-refractivity contribution is -0.142. The highest BCUT2D eigenvalue weighted by Crippen LogP contribution is 2.25. The molecular weight excluding hydrogens is 1180 g/mol. The Morgan fingerprint density at radius 1 is 0.607 bits per heavy atom. The standard InChI is InChI=1S/C65H81FN10O11S2/c1-38-58(79)70-39(2)59(80)73-53-36-88-34-44-16-10-17-45(29-44)35-89-37-54(74-60(81)51(71-61(53)82)31-46-33-68-50-25-22-47(66)32-49(46)50)62(83)75-57(40(3)77)64(85)72-52(30-43-20-23-48(87-4)24-21-43)65(86)76-27-11-18-55(76)63(84)67-26-8-7-13-42-15-9-14-41(28-42)12-5-6-19-56(78)69-38/h9-10,14-17,20-25,28-29,32-33,38-40,51-55,57,68,77H,5-8,11-13,18-19,26-27,30-31,34-37H2,1-4H3,(H,67,84)(H,69,78)(H,70,79)(H,71,82)(H,72,85)(H,73,80)(H,74,81)(H,75,83)/t38-,39+,40+,51-,52-,53-,54-,55-,57-/m0/s1. The number of nitrogens with one attached hydrogen (secondary N) is 9. The number of methoxy groups -OCH3 is 1. The van der Waals surface area contributed by atoms with Crippen LogP contribution >= 0.6 is 23.5 Å². The predicted octanol–water partition coefficient (Wildman–Crippen LogP) is 3.95. The number of carbonyl (C=O) groups is 9. The van der Waals surface area contributed by atoms with Crippen LogP contribution in [0.4, 0.5) is 4.39 Å². The van der Waals surface area contributed by atoms with Crippen molar-refractivity contribution in [3.05, 3.63) is 136 Å². The van der Waals surface area contributed by atoms with Gasteiger partial charge in [-0.15, -0.1) is 0 Å². The van der Waals surface area contributed by atoms with Gasteiger partial charge in [-0.25, -0.2) is 4.39 Å². The molecule has 4 aromatic carbocycles. The lowest BCUT2D eigenvalue weighted by atomic mass is 10.0. The summed E-state index contributed by atoms with van der Waals surface area (Å²) < 4.78 is 20.2. The van der Waals surface area contributed by atoms with E-state index in [1.165, 1.54) is 74.5 Å². The molecule has 9 atom stereocenters. The van der Waals surface area contributed by atoms with Gasteiger partial charge >= 0.3 is 0 Å². The number of ether oxygens (including phenoxy) is 1. The van der Waals surface area contributed by atoms with Gasteiger partial charge in [0.25, 0.3) is 0 Å². The van der Waals surface area contributed by atoms with Gasteiger partial charge in [-0.2, -0.15) is 23.5 Å². The Balaban J connectivity index is 1.10. The molecule has 0 spiro atoms. The minimum absolute atomic E-state index is 0.00390. The van der Waals surface area contributed by atoms with Gasteiger partial charge in [0.2, 0.25) is 53.2 Å². The Hall–Kier alpha value is -7.96. The second kappa shape index (κ2) is 32.5. The van der Waals surface area contributed by atoms with Gasteiger partial charge in [0.05, 0.1) is 13.2 Å². The number of rotatable bonds is 6. The van der Waals surface area contributed by atoms with Gasteiger partial charge < -0.3 is 62.3 Å². The Kier molecular flexibility index (Phi) is 24.5. The van der Waals surface area contributed by atoms with Gasteiger partial charge in [0.15, 0.2) is 0 Å². The fourth-order valence-electron chi connectivity index (χ4n) is 11.1. The number of carbonyl (C=O) groups excluding carboxylic acids is 9. The molecule has 3 aliphatic heterocycles. The molecule has 8 rings (SSSR count). The molecule has 0 saturated carbocycles. The van der Waals surface area contributed by atoms with E-state index in [-0.39, 0.29) is 49.1 Å². The fourth-order valence-corrected chi connectivity index (χ4v) is 13.1. The van der Waals surface area contributed by atoms with Crippen LogP contribution in [0.1, 0.15) is 99.1 Å². The van der Waals surface area contributed by atoms with Crippen LogP contribution in [0.5, 0.6) is 5.75 Å². The molecule has 89 heavy (non-hydrogen) atoms. The van der Waals surface area contributed by atoms with Crippen molar-refractivity contribution in [2.45, 2.75) is 157 Å². The van der Waals surface area contributed by atoms with Gasteiger partial charge in [0.1, 0.15) is 59.9 Å². The molecule has 10 N–H and O–H groups in total. The van der Waals surface area contributed by atoms with Crippen LogP contribution in [-0.4, -0.2) is 154 Å². The maximum absolute atomic E-state index is 15.0. The summed E-state index contributed by atoms with van der Waals surface area (Å²) in [5, 5.41) is 33.9. The lowest BCUT2D eigenvalue weighted by Gasteiger charge is -2.31. The van der Waals surface area contributed by atoms with E-state index >= 15 is 0 Å². The number of aliphatic hydroxyl groups is 1. The van der Waals surface area contributed by atoms with Gasteiger partial charge in [-0.3, -0.25) is 43.2 Å². The summed E-state index contributed by atoms with van der Waals surface area (Å²) >= 11 is 2.64. The number of halogens is 1. The highest BCUT2D eigenvalue weighted by atomic mass is 32.2. The number of hydrogen-bond donors (Lipinski definition) is 10. The molecule has 9 amide bonds. The van der Waals surface area contributed by atoms with Gasteiger partial charge in [-0.05, 0) is 136 Å². The average molecular weight is 1260 g/mol. The van der Waals surface area contributed by atoms with Crippen LogP contribution in [-0.2, 0) is 80.3 Å². The topological polar surface area (TPSA) is 298 Å². The van der Waals surface area contributed by atoms with Crippen molar-refractivity contribution in [2.75, 3.05) is 31.7 Å². The highest BCUT2D eigenvalue weighted by molar-refractivity contribution is 7.98. The van der Waals surface area contributed by atoms with Crippen molar-refractivity contribution in [2.24, 2.45) is 0 Å². The summed E-state index contributed by atoms with van der Waals surface area (Å²) in [6.45, 7) is 4.83. The number of aliphatic hydroxyl groups excluding tert-OH is 1. The first-order chi connectivity index (χ1) is 42.8. The number of benzene rings is 4. The average Bonchev–Trinajstić information content (AvgIpc) is 2.77. The van der Waals surface area contributed by atoms with Crippen LogP contribution in [0.15, 0.2) is 97.2 Å². The molecule has 1 aromatic heterocycles. The molecule has 3 aliphatic rings. The summed E-state index contributed by atoms with van der Waals surface area (Å²) in [5.41, 5.74) is 5.59. The first kappa shape index (κ1) is 67.0. The Bertz CT molecular complexity index is 3330. The number of aromatic nitrogens is 1. The van der Waals surface area contributed by atoms with E-state index in [0.29, 0.717) is 77.9 Å². The molecule has 1 saturated heterocycles. The largest absolute Gasteiger partial charge is 0.497 e. The number of hydrogen-bond acceptors (Lipinski definition) is 13. The number of aromatic amines is 1. The predicted molar refractivity (Wildman–Crippen MR) is 339 cm³/mol. The molecule has 21 nitrogen and oxygen atoms in total. The molecule has 0 radical (unpaired) electrons. The zero-order valence-electron chi connectivity index (χ0n) is 50.6. The second-order valence-electron chi connectivity index (χ2n) is 23.1. The third-order valence-electron chi connectivity index (χ3n) is 16.1. The lowest BCUT2D eigenvalue weighted by Crippen LogP contribution is -2.62. The number of aryl methyl sites for hydroxylation is 2. The van der Waals surface area contributed by atoms with E-state index in [4.69, 9.17) is 4.74 Å². The Morgan fingerprint density at radius 2 is 1.20 bits per heavy atom. The second-order valence-corrected chi connectivity index (χ2v) is 25.1. The molecule has 5 aromatic rings. The SMILES string of the molecule is COc1ccc(C[C@@H]2NC(=O)[C@H]([C@@H](C)O)NC(=O)[C@@H]3CSCc4cccc(c4)CSC[C@H](NC(=O)[C@@H](C)NC(=O)[C@H](C)NC(=O)CCCCc4cccc(c4)CCCCNC(=O)[C@@H]4CCCN4C2=O)C(=O)N[C@@H](Cc2c[nH]c4ccc(F)cc24)C(=O)N3)cc1. The van der Waals surface area contributed by atoms with Crippen molar-refractivity contribution >= 4 is 87.6 Å². The number of thioether (sulfide) groups is 2. The van der Waals surface area contributed by atoms with E-state index in [1.54, 1.807) is 30.5 Å². The number of amides is 9. The quantitative estimate of drug-likeness (QED) is 0.115. The number of H-pyrrole nitrogens is 1. The third kappa shape index (κ3) is 19.3. The number of fused-ring (bicyclic) bond motifs is 12. The summed E-state index contributed by atoms with van der Waals surface area (Å²) in [5.74, 6) is -5.40. The minimum atomic E-state index is -1.69. The molecule has 6 bridgehead atoms. The summed E-state index contributed by atoms with van der Waals surface area (Å²) in [4.78, 5) is 133. The first-order valence-corrected chi connectivity index (χ1v) is 32.7. The van der Waals surface area contributed by atoms with Crippen LogP contribution in [0.3, 0.4) is 0 Å². The van der Waals surface area contributed by atoms with Crippen LogP contribution < -0.4 is 47.3 Å². The van der Waals surface area contributed by atoms with Crippen molar-refractivity contribution in [3.8, 4) is 5.75 Å². The maximum Gasteiger partial charge on any atom is 0.246 e. The minimum Gasteiger partial charge on any atom is -0.497 e. The molecule has 0 unspecified atom stereocenters. The Labute approximate surface area is 526 Å². The fraction of sp³-hybridized carbons (Fsp3) is 0.462. The smallest absolute Gasteiger partial charge is 0.246 e. The van der Waals surface area contributed by atoms with Crippen molar-refractivity contribution in [1.29, 1.82) is 0 Å². The van der Waals surface area contributed by atoms with Crippen LogP contribution in [0.25, 0.3) is 10.9 Å². The van der Waals surface area contributed by atoms with Crippen molar-refractivity contribution in [1.82, 2.24) is 52.4 Å². The van der Waals surface area contributed by atoms with Crippen molar-refractivity contribution < 1.29 is 57.4 Å². The van der Waals surface area contributed by atoms with Crippen LogP contribution in [0, 0.1) is 5.82 Å². The van der Waals surface area contributed by atoms with Gasteiger partial charge in [0, 0.05) is 72.5 Å². The zero-order chi connectivity index (χ0) is 63.6. The van der Waals surface area contributed by atoms with E-state index in [0.717, 1.165) is 41.5 Å². The zero-order valence-corrected chi connectivity index (χ0v) is 52.3. The van der Waals surface area contributed by atoms with Crippen LogP contribution in [0.2, 0.25) is 0 Å². The highest BCUT2D eigenvalue weighted by Gasteiger charge is 2.40. The van der Waals surface area contributed by atoms with E-state index in [9.17, 15) is 52.6 Å².